The predicted octanol–water partition coefficient (Wildman–Crippen LogP) is 1.04. The topological polar surface area (TPSA) is 157 Å². The fourth-order valence-corrected chi connectivity index (χ4v) is 3.16. The highest BCUT2D eigenvalue weighted by Gasteiger charge is 2.02. The molecule has 0 radical (unpaired) electrons. The fourth-order valence-electron chi connectivity index (χ4n) is 3.16. The van der Waals surface area contributed by atoms with Crippen LogP contribution in [0.1, 0.15) is 5.56 Å². The van der Waals surface area contributed by atoms with Gasteiger partial charge in [0.2, 0.25) is 0 Å². The molecule has 14 heteroatoms. The zero-order chi connectivity index (χ0) is 31.4. The van der Waals surface area contributed by atoms with E-state index in [4.69, 9.17) is 57.8 Å². The van der Waals surface area contributed by atoms with Gasteiger partial charge in [0.1, 0.15) is 6.61 Å². The molecule has 0 fully saturated rings. The Kier molecular flexibility index (Phi) is 30.9. The number of carbonyl (C=O) groups is 1. The Morgan fingerprint density at radius 3 is 1.14 bits per heavy atom. The lowest BCUT2D eigenvalue weighted by atomic mass is 10.2. The predicted molar refractivity (Wildman–Crippen MR) is 162 cm³/mol. The van der Waals surface area contributed by atoms with Gasteiger partial charge >= 0.3 is 6.09 Å². The highest BCUT2D eigenvalue weighted by atomic mass is 16.6. The van der Waals surface area contributed by atoms with Crippen LogP contribution >= 0.6 is 0 Å². The van der Waals surface area contributed by atoms with Crippen LogP contribution in [0, 0.1) is 0 Å². The Balaban J connectivity index is 1.64. The fraction of sp³-hybridized carbons (Fsp3) is 0.767. The minimum Gasteiger partial charge on any atom is -0.445 e. The van der Waals surface area contributed by atoms with E-state index in [-0.39, 0.29) is 6.61 Å². The van der Waals surface area contributed by atoms with E-state index < -0.39 is 6.09 Å². The quantitative estimate of drug-likeness (QED) is 0.104. The minimum absolute atomic E-state index is 0.238. The zero-order valence-electron chi connectivity index (χ0n) is 26.1. The highest BCUT2D eigenvalue weighted by molar-refractivity contribution is 5.67. The van der Waals surface area contributed by atoms with Crippen molar-refractivity contribution in [1.82, 2.24) is 5.32 Å². The molecule has 0 aliphatic heterocycles. The Labute approximate surface area is 261 Å². The number of hydrogen-bond donors (Lipinski definition) is 2. The van der Waals surface area contributed by atoms with Gasteiger partial charge in [0.05, 0.1) is 132 Å². The number of amides is 1. The summed E-state index contributed by atoms with van der Waals surface area (Å²) in [6, 6.07) is 9.50. The van der Waals surface area contributed by atoms with Gasteiger partial charge in [-0.25, -0.2) is 4.79 Å². The number of ether oxygens (including phenoxy) is 11. The van der Waals surface area contributed by atoms with E-state index >= 15 is 0 Å². The molecule has 0 spiro atoms. The first-order valence-electron chi connectivity index (χ1n) is 15.2. The third-order valence-electron chi connectivity index (χ3n) is 5.34. The van der Waals surface area contributed by atoms with E-state index in [0.717, 1.165) is 5.56 Å². The summed E-state index contributed by atoms with van der Waals surface area (Å²) in [5.74, 6) is 0. The van der Waals surface area contributed by atoms with Crippen molar-refractivity contribution in [2.45, 2.75) is 6.61 Å². The summed E-state index contributed by atoms with van der Waals surface area (Å²) in [6.45, 7) is 11.0. The maximum Gasteiger partial charge on any atom is 0.407 e. The third kappa shape index (κ3) is 30.1. The molecule has 256 valence electrons. The molecule has 0 aromatic heterocycles. The normalized spacial score (nSPS) is 11.2. The van der Waals surface area contributed by atoms with Crippen molar-refractivity contribution < 1.29 is 56.9 Å². The molecule has 1 amide bonds. The van der Waals surface area contributed by atoms with Gasteiger partial charge in [-0.05, 0) is 5.56 Å². The lowest BCUT2D eigenvalue weighted by Gasteiger charge is -2.09. The Morgan fingerprint density at radius 2 is 0.795 bits per heavy atom. The average molecular weight is 635 g/mol. The molecule has 0 unspecified atom stereocenters. The summed E-state index contributed by atoms with van der Waals surface area (Å²) < 4.78 is 59.2. The highest BCUT2D eigenvalue weighted by Crippen LogP contribution is 2.00. The first-order valence-corrected chi connectivity index (χ1v) is 15.2. The average Bonchev–Trinajstić information content (AvgIpc) is 3.04. The monoisotopic (exact) mass is 634 g/mol. The summed E-state index contributed by atoms with van der Waals surface area (Å²) in [5, 5.41) is 2.64. The Hall–Kier alpha value is -1.95. The van der Waals surface area contributed by atoms with Crippen LogP contribution in [0.5, 0.6) is 0 Å². The number of nitrogens with two attached hydrogens (primary N) is 1. The van der Waals surface area contributed by atoms with Gasteiger partial charge in [-0.15, -0.1) is 0 Å². The van der Waals surface area contributed by atoms with Crippen molar-refractivity contribution in [3.8, 4) is 0 Å². The number of benzene rings is 1. The van der Waals surface area contributed by atoms with Crippen LogP contribution in [0.2, 0.25) is 0 Å². The molecule has 0 heterocycles. The summed E-state index contributed by atoms with van der Waals surface area (Å²) >= 11 is 0. The van der Waals surface area contributed by atoms with Crippen molar-refractivity contribution in [1.29, 1.82) is 0 Å². The third-order valence-corrected chi connectivity index (χ3v) is 5.34. The number of alkyl carbamates (subject to hydrolysis) is 1. The first kappa shape index (κ1) is 40.1. The van der Waals surface area contributed by atoms with Crippen LogP contribution < -0.4 is 11.1 Å². The molecule has 3 N–H and O–H groups in total. The molecule has 1 aromatic carbocycles. The molecule has 0 bridgehead atoms. The van der Waals surface area contributed by atoms with Crippen LogP contribution in [0.3, 0.4) is 0 Å². The smallest absolute Gasteiger partial charge is 0.407 e. The Bertz CT molecular complexity index is 721. The number of hydrogen-bond acceptors (Lipinski definition) is 13. The Morgan fingerprint density at radius 1 is 0.477 bits per heavy atom. The number of nitrogens with one attached hydrogen (secondary N) is 1. The van der Waals surface area contributed by atoms with E-state index in [0.29, 0.717) is 145 Å². The summed E-state index contributed by atoms with van der Waals surface area (Å²) in [5.41, 5.74) is 6.26. The second-order valence-electron chi connectivity index (χ2n) is 8.90. The van der Waals surface area contributed by atoms with Crippen LogP contribution in [0.25, 0.3) is 0 Å². The standard InChI is InChI=1S/C30H54N2O12/c31-6-8-34-10-12-36-14-16-38-18-20-40-22-24-42-26-27-43-25-23-41-21-19-39-17-15-37-13-11-35-9-7-32-30(33)44-28-29-4-2-1-3-5-29/h1-5H,6-28,31H2,(H,32,33). The molecule has 14 nitrogen and oxygen atoms in total. The minimum atomic E-state index is -0.469. The molecular weight excluding hydrogens is 580 g/mol. The second-order valence-corrected chi connectivity index (χ2v) is 8.90. The maximum absolute atomic E-state index is 11.6. The zero-order valence-corrected chi connectivity index (χ0v) is 26.1. The van der Waals surface area contributed by atoms with Crippen LogP contribution in [0.15, 0.2) is 30.3 Å². The van der Waals surface area contributed by atoms with Gasteiger partial charge in [-0.2, -0.15) is 0 Å². The van der Waals surface area contributed by atoms with Crippen LogP contribution in [0.4, 0.5) is 4.79 Å². The molecule has 0 saturated heterocycles. The van der Waals surface area contributed by atoms with Crippen molar-refractivity contribution >= 4 is 6.09 Å². The van der Waals surface area contributed by atoms with Crippen molar-refractivity contribution in [3.63, 3.8) is 0 Å². The van der Waals surface area contributed by atoms with E-state index in [1.165, 1.54) is 0 Å². The van der Waals surface area contributed by atoms with Crippen LogP contribution in [-0.2, 0) is 58.7 Å². The van der Waals surface area contributed by atoms with E-state index in [1.54, 1.807) is 0 Å². The van der Waals surface area contributed by atoms with E-state index in [1.807, 2.05) is 30.3 Å². The molecule has 1 aromatic rings. The van der Waals surface area contributed by atoms with E-state index in [9.17, 15) is 4.79 Å². The summed E-state index contributed by atoms with van der Waals surface area (Å²) in [7, 11) is 0. The van der Waals surface area contributed by atoms with Gasteiger partial charge in [-0.3, -0.25) is 0 Å². The second kappa shape index (κ2) is 33.9. The molecule has 0 aliphatic carbocycles. The van der Waals surface area contributed by atoms with Crippen LogP contribution in [-0.4, -0.2) is 151 Å². The number of carbonyl (C=O) groups excluding carboxylic acids is 1. The lowest BCUT2D eigenvalue weighted by Crippen LogP contribution is -2.28. The van der Waals surface area contributed by atoms with Crippen molar-refractivity contribution in [2.75, 3.05) is 145 Å². The first-order chi connectivity index (χ1) is 21.8. The lowest BCUT2D eigenvalue weighted by molar-refractivity contribution is -0.0262. The van der Waals surface area contributed by atoms with Crippen molar-refractivity contribution in [2.24, 2.45) is 5.73 Å². The van der Waals surface area contributed by atoms with Gasteiger partial charge < -0.3 is 63.2 Å². The van der Waals surface area contributed by atoms with Gasteiger partial charge in [0, 0.05) is 13.1 Å². The molecular formula is C30H54N2O12. The van der Waals surface area contributed by atoms with Crippen molar-refractivity contribution in [3.05, 3.63) is 35.9 Å². The largest absolute Gasteiger partial charge is 0.445 e. The molecule has 0 aliphatic rings. The number of rotatable bonds is 34. The van der Waals surface area contributed by atoms with Gasteiger partial charge in [0.15, 0.2) is 0 Å². The van der Waals surface area contributed by atoms with Gasteiger partial charge in [-0.1, -0.05) is 30.3 Å². The molecule has 0 saturated carbocycles. The SMILES string of the molecule is NCCOCCOCCOCCOCCOCCOCCOCCOCCOCCOCCNC(=O)OCc1ccccc1. The van der Waals surface area contributed by atoms with Gasteiger partial charge in [0.25, 0.3) is 0 Å². The molecule has 0 atom stereocenters. The maximum atomic E-state index is 11.6. The molecule has 1 rings (SSSR count). The molecule has 44 heavy (non-hydrogen) atoms. The summed E-state index contributed by atoms with van der Waals surface area (Å²) in [6.07, 6.45) is -0.469. The summed E-state index contributed by atoms with van der Waals surface area (Å²) in [4.78, 5) is 11.6. The van der Waals surface area contributed by atoms with E-state index in [2.05, 4.69) is 5.32 Å².